The van der Waals surface area contributed by atoms with Gasteiger partial charge in [0.05, 0.1) is 6.54 Å². The van der Waals surface area contributed by atoms with E-state index in [9.17, 15) is 4.39 Å². The lowest BCUT2D eigenvalue weighted by atomic mass is 10.0. The third kappa shape index (κ3) is 6.33. The molecule has 1 fully saturated rings. The first-order chi connectivity index (χ1) is 15.7. The van der Waals surface area contributed by atoms with Crippen molar-refractivity contribution in [3.05, 3.63) is 77.6 Å². The number of aliphatic imine (C=N–C) groups is 1. The molecular formula is C26H34FN5. The minimum Gasteiger partial charge on any atom is -0.364 e. The molecule has 2 aromatic carbocycles. The molecule has 2 aliphatic rings. The summed E-state index contributed by atoms with van der Waals surface area (Å²) >= 11 is 0. The van der Waals surface area contributed by atoms with Crippen LogP contribution in [-0.4, -0.2) is 49.6 Å². The van der Waals surface area contributed by atoms with Crippen molar-refractivity contribution in [2.24, 2.45) is 4.99 Å². The van der Waals surface area contributed by atoms with Crippen LogP contribution in [0.2, 0.25) is 0 Å². The van der Waals surface area contributed by atoms with E-state index in [0.717, 1.165) is 58.1 Å². The first-order valence-electron chi connectivity index (χ1n) is 11.7. The maximum Gasteiger partial charge on any atom is 0.191 e. The van der Waals surface area contributed by atoms with Crippen LogP contribution >= 0.6 is 0 Å². The number of likely N-dealkylation sites (tertiary alicyclic amines) is 1. The van der Waals surface area contributed by atoms with Crippen LogP contribution < -0.4 is 15.5 Å². The quantitative estimate of drug-likeness (QED) is 0.393. The summed E-state index contributed by atoms with van der Waals surface area (Å²) in [4.78, 5) is 9.65. The minimum absolute atomic E-state index is 0.174. The van der Waals surface area contributed by atoms with Crippen LogP contribution in [-0.2, 0) is 13.1 Å². The average Bonchev–Trinajstić information content (AvgIpc) is 3.36. The topological polar surface area (TPSA) is 42.9 Å². The molecule has 0 amide bonds. The zero-order chi connectivity index (χ0) is 22.2. The maximum absolute atomic E-state index is 13.1. The number of hydrogen-bond donors (Lipinski definition) is 2. The predicted octanol–water partition coefficient (Wildman–Crippen LogP) is 3.92. The molecule has 2 heterocycles. The first kappa shape index (κ1) is 22.3. The van der Waals surface area contributed by atoms with Crippen molar-refractivity contribution in [3.63, 3.8) is 0 Å². The lowest BCUT2D eigenvalue weighted by Crippen LogP contribution is -2.48. The Labute approximate surface area is 191 Å². The van der Waals surface area contributed by atoms with Gasteiger partial charge in [0.25, 0.3) is 0 Å². The Bertz CT molecular complexity index is 908. The van der Waals surface area contributed by atoms with Gasteiger partial charge in [0.15, 0.2) is 5.96 Å². The molecule has 1 saturated heterocycles. The number of nitrogens with one attached hydrogen (secondary N) is 2. The SMILES string of the molecule is CCNC(=NCc1cccc(N2CC=CC2)c1)NC1CCN(Cc2ccc(F)cc2)CC1. The molecule has 32 heavy (non-hydrogen) atoms. The van der Waals surface area contributed by atoms with Crippen molar-refractivity contribution in [2.75, 3.05) is 37.6 Å². The smallest absolute Gasteiger partial charge is 0.191 e. The number of nitrogens with zero attached hydrogens (tertiary/aromatic N) is 3. The number of benzene rings is 2. The Kier molecular flexibility index (Phi) is 7.77. The molecule has 0 unspecified atom stereocenters. The molecule has 170 valence electrons. The van der Waals surface area contributed by atoms with Crippen LogP contribution in [0.4, 0.5) is 10.1 Å². The second-order valence-electron chi connectivity index (χ2n) is 8.56. The Morgan fingerprint density at radius 1 is 1.03 bits per heavy atom. The van der Waals surface area contributed by atoms with Crippen LogP contribution in [0.15, 0.2) is 65.7 Å². The molecular weight excluding hydrogens is 401 g/mol. The highest BCUT2D eigenvalue weighted by Gasteiger charge is 2.20. The second-order valence-corrected chi connectivity index (χ2v) is 8.56. The van der Waals surface area contributed by atoms with E-state index in [1.54, 1.807) is 12.1 Å². The Balaban J connectivity index is 1.28. The van der Waals surface area contributed by atoms with Crippen LogP contribution in [0.3, 0.4) is 0 Å². The Hall–Kier alpha value is -2.86. The van der Waals surface area contributed by atoms with Crippen molar-refractivity contribution >= 4 is 11.6 Å². The van der Waals surface area contributed by atoms with Gasteiger partial charge in [-0.25, -0.2) is 9.38 Å². The molecule has 2 N–H and O–H groups in total. The fourth-order valence-electron chi connectivity index (χ4n) is 4.31. The van der Waals surface area contributed by atoms with Gasteiger partial charge < -0.3 is 15.5 Å². The highest BCUT2D eigenvalue weighted by molar-refractivity contribution is 5.80. The molecule has 4 rings (SSSR count). The summed E-state index contributed by atoms with van der Waals surface area (Å²) in [5.74, 6) is 0.712. The number of rotatable bonds is 7. The third-order valence-corrected chi connectivity index (χ3v) is 6.11. The summed E-state index contributed by atoms with van der Waals surface area (Å²) in [5, 5.41) is 7.03. The molecule has 0 bridgehead atoms. The summed E-state index contributed by atoms with van der Waals surface area (Å²) in [6.45, 7) is 8.50. The minimum atomic E-state index is -0.174. The normalized spacial score (nSPS) is 17.7. The molecule has 2 aliphatic heterocycles. The van der Waals surface area contributed by atoms with Gasteiger partial charge in [-0.3, -0.25) is 4.90 Å². The largest absolute Gasteiger partial charge is 0.364 e. The zero-order valence-electron chi connectivity index (χ0n) is 18.9. The molecule has 2 aromatic rings. The number of anilines is 1. The van der Waals surface area contributed by atoms with E-state index in [4.69, 9.17) is 4.99 Å². The predicted molar refractivity (Wildman–Crippen MR) is 130 cm³/mol. The Morgan fingerprint density at radius 2 is 1.78 bits per heavy atom. The zero-order valence-corrected chi connectivity index (χ0v) is 18.9. The molecule has 6 heteroatoms. The van der Waals surface area contributed by atoms with Crippen molar-refractivity contribution in [1.29, 1.82) is 0 Å². The summed E-state index contributed by atoms with van der Waals surface area (Å²) in [6.07, 6.45) is 6.57. The van der Waals surface area contributed by atoms with E-state index in [2.05, 4.69) is 63.8 Å². The van der Waals surface area contributed by atoms with Crippen LogP contribution in [0.5, 0.6) is 0 Å². The van der Waals surface area contributed by atoms with Gasteiger partial charge in [-0.1, -0.05) is 36.4 Å². The number of hydrogen-bond acceptors (Lipinski definition) is 3. The van der Waals surface area contributed by atoms with Gasteiger partial charge in [-0.15, -0.1) is 0 Å². The maximum atomic E-state index is 13.1. The van der Waals surface area contributed by atoms with Crippen LogP contribution in [0.1, 0.15) is 30.9 Å². The molecule has 5 nitrogen and oxygen atoms in total. The van der Waals surface area contributed by atoms with E-state index in [1.165, 1.54) is 16.8 Å². The summed E-state index contributed by atoms with van der Waals surface area (Å²) in [7, 11) is 0. The van der Waals surface area contributed by atoms with Gasteiger partial charge in [-0.2, -0.15) is 0 Å². The first-order valence-corrected chi connectivity index (χ1v) is 11.7. The van der Waals surface area contributed by atoms with Crippen LogP contribution in [0, 0.1) is 5.82 Å². The third-order valence-electron chi connectivity index (χ3n) is 6.11. The molecule has 0 aromatic heterocycles. The van der Waals surface area contributed by atoms with Crippen LogP contribution in [0.25, 0.3) is 0 Å². The monoisotopic (exact) mass is 435 g/mol. The fourth-order valence-corrected chi connectivity index (χ4v) is 4.31. The summed E-state index contributed by atoms with van der Waals surface area (Å²) in [6, 6.07) is 15.9. The van der Waals surface area contributed by atoms with Crippen molar-refractivity contribution in [2.45, 2.75) is 38.9 Å². The van der Waals surface area contributed by atoms with Crippen molar-refractivity contribution < 1.29 is 4.39 Å². The number of guanidine groups is 1. The van der Waals surface area contributed by atoms with Crippen molar-refractivity contribution in [1.82, 2.24) is 15.5 Å². The van der Waals surface area contributed by atoms with Gasteiger partial charge in [0, 0.05) is 51.0 Å². The van der Waals surface area contributed by atoms with Gasteiger partial charge in [0.2, 0.25) is 0 Å². The standard InChI is InChI=1S/C26H34FN5/c1-2-28-26(29-19-22-6-5-7-25(18-22)32-14-3-4-15-32)30-24-12-16-31(17-13-24)20-21-8-10-23(27)11-9-21/h3-11,18,24H,2,12-17,19-20H2,1H3,(H2,28,29,30). The number of piperidine rings is 1. The van der Waals surface area contributed by atoms with E-state index in [1.807, 2.05) is 12.1 Å². The highest BCUT2D eigenvalue weighted by atomic mass is 19.1. The summed E-state index contributed by atoms with van der Waals surface area (Å²) < 4.78 is 13.1. The molecule has 0 radical (unpaired) electrons. The lowest BCUT2D eigenvalue weighted by molar-refractivity contribution is 0.198. The fraction of sp³-hybridized carbons (Fsp3) is 0.423. The highest BCUT2D eigenvalue weighted by Crippen LogP contribution is 2.19. The van der Waals surface area contributed by atoms with E-state index < -0.39 is 0 Å². The molecule has 0 atom stereocenters. The van der Waals surface area contributed by atoms with E-state index in [0.29, 0.717) is 12.6 Å². The lowest BCUT2D eigenvalue weighted by Gasteiger charge is -2.33. The molecule has 0 spiro atoms. The number of halogens is 1. The van der Waals surface area contributed by atoms with E-state index in [-0.39, 0.29) is 5.82 Å². The molecule has 0 saturated carbocycles. The Morgan fingerprint density at radius 3 is 2.50 bits per heavy atom. The molecule has 0 aliphatic carbocycles. The van der Waals surface area contributed by atoms with Gasteiger partial charge in [-0.05, 0) is 55.2 Å². The van der Waals surface area contributed by atoms with E-state index >= 15 is 0 Å². The average molecular weight is 436 g/mol. The second kappa shape index (κ2) is 11.1. The van der Waals surface area contributed by atoms with Gasteiger partial charge in [0.1, 0.15) is 5.82 Å². The van der Waals surface area contributed by atoms with Crippen molar-refractivity contribution in [3.8, 4) is 0 Å². The van der Waals surface area contributed by atoms with Gasteiger partial charge >= 0.3 is 0 Å². The summed E-state index contributed by atoms with van der Waals surface area (Å²) in [5.41, 5.74) is 3.65.